The SMILES string of the molecule is Cc1cccc(NC(=O)OCCCBr)c1. The lowest BCUT2D eigenvalue weighted by molar-refractivity contribution is 0.162. The van der Waals surface area contributed by atoms with Crippen molar-refractivity contribution in [1.29, 1.82) is 0 Å². The number of hydrogen-bond acceptors (Lipinski definition) is 2. The van der Waals surface area contributed by atoms with Gasteiger partial charge in [0.05, 0.1) is 6.61 Å². The molecule has 1 rings (SSSR count). The first-order chi connectivity index (χ1) is 7.22. The first kappa shape index (κ1) is 12.0. The van der Waals surface area contributed by atoms with Gasteiger partial charge in [-0.3, -0.25) is 5.32 Å². The van der Waals surface area contributed by atoms with Crippen LogP contribution in [0.1, 0.15) is 12.0 Å². The monoisotopic (exact) mass is 271 g/mol. The molecule has 0 heterocycles. The maximum atomic E-state index is 11.2. The smallest absolute Gasteiger partial charge is 0.411 e. The zero-order valence-corrected chi connectivity index (χ0v) is 10.2. The van der Waals surface area contributed by atoms with Crippen LogP contribution in [0.2, 0.25) is 0 Å². The Hall–Kier alpha value is -1.03. The molecule has 0 aliphatic heterocycles. The Labute approximate surface area is 97.9 Å². The number of carbonyl (C=O) groups is 1. The van der Waals surface area contributed by atoms with Crippen LogP contribution in [0.5, 0.6) is 0 Å². The second kappa shape index (κ2) is 6.45. The summed E-state index contributed by atoms with van der Waals surface area (Å²) in [6.45, 7) is 2.41. The van der Waals surface area contributed by atoms with Crippen LogP contribution in [0.15, 0.2) is 24.3 Å². The zero-order chi connectivity index (χ0) is 11.1. The molecule has 0 fully saturated rings. The third kappa shape index (κ3) is 4.83. The summed E-state index contributed by atoms with van der Waals surface area (Å²) in [4.78, 5) is 11.2. The summed E-state index contributed by atoms with van der Waals surface area (Å²) < 4.78 is 4.95. The number of aryl methyl sites for hydroxylation is 1. The third-order valence-corrected chi connectivity index (χ3v) is 2.34. The van der Waals surface area contributed by atoms with Crippen molar-refractivity contribution in [3.8, 4) is 0 Å². The van der Waals surface area contributed by atoms with Crippen molar-refractivity contribution < 1.29 is 9.53 Å². The minimum absolute atomic E-state index is 0.401. The predicted molar refractivity (Wildman–Crippen MR) is 64.6 cm³/mol. The maximum Gasteiger partial charge on any atom is 0.411 e. The van der Waals surface area contributed by atoms with E-state index in [0.717, 1.165) is 23.0 Å². The average molecular weight is 272 g/mol. The van der Waals surface area contributed by atoms with Gasteiger partial charge in [0.1, 0.15) is 0 Å². The average Bonchev–Trinajstić information content (AvgIpc) is 2.18. The number of carbonyl (C=O) groups excluding carboxylic acids is 1. The Bertz CT molecular complexity index is 328. The van der Waals surface area contributed by atoms with Crippen LogP contribution in [0.3, 0.4) is 0 Å². The fourth-order valence-electron chi connectivity index (χ4n) is 1.10. The molecule has 0 atom stereocenters. The van der Waals surface area contributed by atoms with E-state index < -0.39 is 6.09 Å². The summed E-state index contributed by atoms with van der Waals surface area (Å²) in [5, 5.41) is 3.50. The van der Waals surface area contributed by atoms with Gasteiger partial charge in [-0.25, -0.2) is 4.79 Å². The fourth-order valence-corrected chi connectivity index (χ4v) is 1.33. The molecule has 0 bridgehead atoms. The number of ether oxygens (including phenoxy) is 1. The van der Waals surface area contributed by atoms with Crippen molar-refractivity contribution in [2.24, 2.45) is 0 Å². The zero-order valence-electron chi connectivity index (χ0n) is 8.63. The molecule has 0 saturated carbocycles. The number of rotatable bonds is 4. The Balaban J connectivity index is 2.37. The van der Waals surface area contributed by atoms with Crippen LogP contribution in [0.4, 0.5) is 10.5 Å². The van der Waals surface area contributed by atoms with Gasteiger partial charge < -0.3 is 4.74 Å². The topological polar surface area (TPSA) is 38.3 Å². The molecule has 3 nitrogen and oxygen atoms in total. The number of alkyl halides is 1. The molecular formula is C11H14BrNO2. The highest BCUT2D eigenvalue weighted by atomic mass is 79.9. The van der Waals surface area contributed by atoms with E-state index in [1.54, 1.807) is 0 Å². The highest BCUT2D eigenvalue weighted by molar-refractivity contribution is 9.09. The molecule has 1 aromatic rings. The number of anilines is 1. The molecule has 0 aromatic heterocycles. The molecule has 1 N–H and O–H groups in total. The Morgan fingerprint density at radius 1 is 1.53 bits per heavy atom. The maximum absolute atomic E-state index is 11.2. The van der Waals surface area contributed by atoms with Crippen LogP contribution < -0.4 is 5.32 Å². The molecule has 0 radical (unpaired) electrons. The fraction of sp³-hybridized carbons (Fsp3) is 0.364. The summed E-state index contributed by atoms with van der Waals surface area (Å²) >= 11 is 3.26. The van der Waals surface area contributed by atoms with E-state index in [-0.39, 0.29) is 0 Å². The Morgan fingerprint density at radius 3 is 3.00 bits per heavy atom. The summed E-state index contributed by atoms with van der Waals surface area (Å²) in [5.74, 6) is 0. The molecule has 82 valence electrons. The standard InChI is InChI=1S/C11H14BrNO2/c1-9-4-2-5-10(8-9)13-11(14)15-7-3-6-12/h2,4-5,8H,3,6-7H2,1H3,(H,13,14). The molecule has 0 unspecified atom stereocenters. The van der Waals surface area contributed by atoms with Crippen molar-refractivity contribution in [1.82, 2.24) is 0 Å². The Kier molecular flexibility index (Phi) is 5.18. The quantitative estimate of drug-likeness (QED) is 0.674. The van der Waals surface area contributed by atoms with E-state index >= 15 is 0 Å². The highest BCUT2D eigenvalue weighted by Crippen LogP contribution is 2.09. The second-order valence-electron chi connectivity index (χ2n) is 3.17. The number of halogens is 1. The van der Waals surface area contributed by atoms with Gasteiger partial charge in [0.25, 0.3) is 0 Å². The molecular weight excluding hydrogens is 258 g/mol. The van der Waals surface area contributed by atoms with Crippen LogP contribution in [0, 0.1) is 6.92 Å². The van der Waals surface area contributed by atoms with E-state index in [0.29, 0.717) is 6.61 Å². The first-order valence-electron chi connectivity index (χ1n) is 4.79. The third-order valence-electron chi connectivity index (χ3n) is 1.78. The van der Waals surface area contributed by atoms with Crippen molar-refractivity contribution in [3.05, 3.63) is 29.8 Å². The van der Waals surface area contributed by atoms with Gasteiger partial charge in [-0.05, 0) is 31.0 Å². The van der Waals surface area contributed by atoms with Crippen LogP contribution >= 0.6 is 15.9 Å². The molecule has 0 aliphatic rings. The highest BCUT2D eigenvalue weighted by Gasteiger charge is 2.01. The number of benzene rings is 1. The van der Waals surface area contributed by atoms with Crippen LogP contribution in [-0.4, -0.2) is 18.0 Å². The lowest BCUT2D eigenvalue weighted by atomic mass is 10.2. The molecule has 0 spiro atoms. The largest absolute Gasteiger partial charge is 0.449 e. The van der Waals surface area contributed by atoms with E-state index in [4.69, 9.17) is 4.74 Å². The second-order valence-corrected chi connectivity index (χ2v) is 3.97. The summed E-state index contributed by atoms with van der Waals surface area (Å²) in [6.07, 6.45) is 0.419. The van der Waals surface area contributed by atoms with Gasteiger partial charge in [-0.1, -0.05) is 28.1 Å². The summed E-state index contributed by atoms with van der Waals surface area (Å²) in [5.41, 5.74) is 1.87. The Morgan fingerprint density at radius 2 is 2.33 bits per heavy atom. The molecule has 4 heteroatoms. The molecule has 0 saturated heterocycles. The van der Waals surface area contributed by atoms with Crippen molar-refractivity contribution in [2.75, 3.05) is 17.3 Å². The lowest BCUT2D eigenvalue weighted by Gasteiger charge is -2.06. The molecule has 15 heavy (non-hydrogen) atoms. The molecule has 1 aromatic carbocycles. The van der Waals surface area contributed by atoms with Gasteiger partial charge in [-0.2, -0.15) is 0 Å². The van der Waals surface area contributed by atoms with E-state index in [1.807, 2.05) is 31.2 Å². The van der Waals surface area contributed by atoms with Gasteiger partial charge in [0.2, 0.25) is 0 Å². The minimum atomic E-state index is -0.401. The van der Waals surface area contributed by atoms with Gasteiger partial charge in [0.15, 0.2) is 0 Å². The number of hydrogen-bond donors (Lipinski definition) is 1. The first-order valence-corrected chi connectivity index (χ1v) is 5.91. The van der Waals surface area contributed by atoms with E-state index in [2.05, 4.69) is 21.2 Å². The van der Waals surface area contributed by atoms with E-state index in [1.165, 1.54) is 0 Å². The molecule has 1 amide bonds. The van der Waals surface area contributed by atoms with Crippen LogP contribution in [0.25, 0.3) is 0 Å². The van der Waals surface area contributed by atoms with Gasteiger partial charge in [-0.15, -0.1) is 0 Å². The minimum Gasteiger partial charge on any atom is -0.449 e. The van der Waals surface area contributed by atoms with Crippen molar-refractivity contribution in [3.63, 3.8) is 0 Å². The normalized spacial score (nSPS) is 9.73. The summed E-state index contributed by atoms with van der Waals surface area (Å²) in [6, 6.07) is 7.59. The lowest BCUT2D eigenvalue weighted by Crippen LogP contribution is -2.14. The molecule has 0 aliphatic carbocycles. The number of amides is 1. The van der Waals surface area contributed by atoms with Crippen molar-refractivity contribution in [2.45, 2.75) is 13.3 Å². The van der Waals surface area contributed by atoms with Crippen molar-refractivity contribution >= 4 is 27.7 Å². The van der Waals surface area contributed by atoms with E-state index in [9.17, 15) is 4.79 Å². The predicted octanol–water partition coefficient (Wildman–Crippen LogP) is 3.33. The van der Waals surface area contributed by atoms with Gasteiger partial charge >= 0.3 is 6.09 Å². The van der Waals surface area contributed by atoms with Gasteiger partial charge in [0, 0.05) is 11.0 Å². The number of nitrogens with one attached hydrogen (secondary N) is 1. The van der Waals surface area contributed by atoms with Crippen LogP contribution in [-0.2, 0) is 4.74 Å². The summed E-state index contributed by atoms with van der Waals surface area (Å²) in [7, 11) is 0.